The van der Waals surface area contributed by atoms with Crippen molar-refractivity contribution in [3.8, 4) is 0 Å². The standard InChI is InChI=1S/CH3BrS2/c1-3-4-2/h1H3. The molecule has 0 saturated carbocycles. The lowest BCUT2D eigenvalue weighted by Gasteiger charge is -1.66. The van der Waals surface area contributed by atoms with Gasteiger partial charge < -0.3 is 0 Å². The molecule has 0 aromatic rings. The molecule has 0 rings (SSSR count). The Morgan fingerprint density at radius 2 is 2.00 bits per heavy atom. The van der Waals surface area contributed by atoms with E-state index in [1.165, 1.54) is 0 Å². The summed E-state index contributed by atoms with van der Waals surface area (Å²) in [5.74, 6) is 0. The van der Waals surface area contributed by atoms with E-state index < -0.39 is 0 Å². The Morgan fingerprint density at radius 1 is 1.75 bits per heavy atom. The SMILES string of the molecule is CSSBr. The molecule has 0 unspecified atom stereocenters. The highest BCUT2D eigenvalue weighted by atomic mass is 79.9. The molecule has 0 saturated heterocycles. The molecule has 4 heavy (non-hydrogen) atoms. The van der Waals surface area contributed by atoms with Crippen molar-refractivity contribution >= 4 is 34.8 Å². The summed E-state index contributed by atoms with van der Waals surface area (Å²) in [5, 5.41) is 0. The molecule has 0 aliphatic rings. The van der Waals surface area contributed by atoms with Gasteiger partial charge in [0.1, 0.15) is 0 Å². The molecular weight excluding hydrogens is 156 g/mol. The minimum atomic E-state index is 1.59. The molecule has 0 heterocycles. The maximum absolute atomic E-state index is 3.13. The predicted molar refractivity (Wildman–Crippen MR) is 30.0 cm³/mol. The van der Waals surface area contributed by atoms with Crippen molar-refractivity contribution in [2.24, 2.45) is 0 Å². The van der Waals surface area contributed by atoms with Crippen LogP contribution in [-0.4, -0.2) is 6.26 Å². The average molecular weight is 159 g/mol. The van der Waals surface area contributed by atoms with E-state index in [1.54, 1.807) is 20.0 Å². The van der Waals surface area contributed by atoms with Crippen molar-refractivity contribution in [2.75, 3.05) is 6.26 Å². The van der Waals surface area contributed by atoms with Crippen LogP contribution in [0.1, 0.15) is 0 Å². The highest BCUT2D eigenvalue weighted by molar-refractivity contribution is 9.60. The van der Waals surface area contributed by atoms with Crippen LogP contribution in [0.4, 0.5) is 0 Å². The maximum Gasteiger partial charge on any atom is 0.00136 e. The molecule has 0 aromatic carbocycles. The molecule has 0 atom stereocenters. The lowest BCUT2D eigenvalue weighted by Crippen LogP contribution is -1.16. The molecule has 0 aromatic heterocycles. The minimum absolute atomic E-state index is 1.59. The van der Waals surface area contributed by atoms with Crippen molar-refractivity contribution in [2.45, 2.75) is 0 Å². The third kappa shape index (κ3) is 3.18. The topological polar surface area (TPSA) is 0 Å². The summed E-state index contributed by atoms with van der Waals surface area (Å²) in [4.78, 5) is 0. The lowest BCUT2D eigenvalue weighted by molar-refractivity contribution is 2.55. The molecule has 0 bridgehead atoms. The van der Waals surface area contributed by atoms with E-state index in [0.29, 0.717) is 0 Å². The molecule has 0 spiro atoms. The summed E-state index contributed by atoms with van der Waals surface area (Å²) in [6.07, 6.45) is 2.01. The van der Waals surface area contributed by atoms with E-state index >= 15 is 0 Å². The largest absolute Gasteiger partial charge is 0.0855 e. The molecule has 0 aliphatic heterocycles. The van der Waals surface area contributed by atoms with Crippen LogP contribution in [0.3, 0.4) is 0 Å². The van der Waals surface area contributed by atoms with Crippen LogP contribution in [0, 0.1) is 0 Å². The molecule has 26 valence electrons. The van der Waals surface area contributed by atoms with E-state index in [9.17, 15) is 0 Å². The van der Waals surface area contributed by atoms with Crippen molar-refractivity contribution in [1.82, 2.24) is 0 Å². The molecule has 0 N–H and O–H groups in total. The summed E-state index contributed by atoms with van der Waals surface area (Å²) in [6.45, 7) is 0. The van der Waals surface area contributed by atoms with E-state index in [0.717, 1.165) is 0 Å². The summed E-state index contributed by atoms with van der Waals surface area (Å²) >= 11 is 3.13. The normalized spacial score (nSPS) is 7.50. The van der Waals surface area contributed by atoms with Gasteiger partial charge in [-0.05, 0) is 15.5 Å². The molecule has 0 aliphatic carbocycles. The first-order valence-corrected chi connectivity index (χ1v) is 5.13. The minimum Gasteiger partial charge on any atom is -0.0855 e. The zero-order chi connectivity index (χ0) is 3.41. The third-order valence-electron chi connectivity index (χ3n) is 0.0630. The van der Waals surface area contributed by atoms with Crippen molar-refractivity contribution in [3.63, 3.8) is 0 Å². The molecule has 0 radical (unpaired) electrons. The summed E-state index contributed by atoms with van der Waals surface area (Å²) in [7, 11) is 3.28. The van der Waals surface area contributed by atoms with Crippen LogP contribution in [-0.2, 0) is 0 Å². The second-order valence-corrected chi connectivity index (χ2v) is 4.45. The number of rotatable bonds is 1. The summed E-state index contributed by atoms with van der Waals surface area (Å²) in [5.41, 5.74) is 0. The Hall–Kier alpha value is 1.18. The summed E-state index contributed by atoms with van der Waals surface area (Å²) in [6, 6.07) is 0. The van der Waals surface area contributed by atoms with Crippen LogP contribution < -0.4 is 0 Å². The second-order valence-electron chi connectivity index (χ2n) is 0.230. The van der Waals surface area contributed by atoms with Gasteiger partial charge in [0.05, 0.1) is 0 Å². The van der Waals surface area contributed by atoms with Gasteiger partial charge in [0.2, 0.25) is 0 Å². The molecule has 0 nitrogen and oxygen atoms in total. The second kappa shape index (κ2) is 4.18. The van der Waals surface area contributed by atoms with E-state index in [1.807, 2.05) is 6.26 Å². The third-order valence-corrected chi connectivity index (χ3v) is 2.95. The van der Waals surface area contributed by atoms with Gasteiger partial charge in [0.25, 0.3) is 0 Å². The number of halogens is 1. The van der Waals surface area contributed by atoms with Crippen LogP contribution in [0.25, 0.3) is 0 Å². The highest BCUT2D eigenvalue weighted by Gasteiger charge is 1.58. The Kier molecular flexibility index (Phi) is 5.41. The highest BCUT2D eigenvalue weighted by Crippen LogP contribution is 2.23. The van der Waals surface area contributed by atoms with Gasteiger partial charge in [-0.1, -0.05) is 10.8 Å². The van der Waals surface area contributed by atoms with Crippen molar-refractivity contribution in [3.05, 3.63) is 0 Å². The number of hydrogen-bond acceptors (Lipinski definition) is 2. The Bertz CT molecular complexity index is 8.00. The van der Waals surface area contributed by atoms with Crippen LogP contribution >= 0.6 is 34.8 Å². The lowest BCUT2D eigenvalue weighted by atomic mass is 12.0. The van der Waals surface area contributed by atoms with Crippen LogP contribution in [0.15, 0.2) is 0 Å². The van der Waals surface area contributed by atoms with Crippen molar-refractivity contribution < 1.29 is 0 Å². The smallest absolute Gasteiger partial charge is 0.00136 e. The maximum atomic E-state index is 3.13. The monoisotopic (exact) mass is 158 g/mol. The van der Waals surface area contributed by atoms with Gasteiger partial charge in [0, 0.05) is 14.8 Å². The zero-order valence-corrected chi connectivity index (χ0v) is 5.41. The first-order chi connectivity index (χ1) is 1.91. The Balaban J connectivity index is 1.97. The van der Waals surface area contributed by atoms with E-state index in [4.69, 9.17) is 0 Å². The average Bonchev–Trinajstić information content (AvgIpc) is 1.37. The molecular formula is CH3BrS2. The predicted octanol–water partition coefficient (Wildman–Crippen LogP) is 2.31. The van der Waals surface area contributed by atoms with E-state index in [2.05, 4.69) is 14.8 Å². The summed E-state index contributed by atoms with van der Waals surface area (Å²) < 4.78 is 0. The Morgan fingerprint density at radius 3 is 2.00 bits per heavy atom. The molecule has 3 heteroatoms. The molecule has 0 fully saturated rings. The van der Waals surface area contributed by atoms with Gasteiger partial charge in [0.15, 0.2) is 0 Å². The fraction of sp³-hybridized carbons (Fsp3) is 1.00. The fourth-order valence-electron chi connectivity index (χ4n) is 0. The van der Waals surface area contributed by atoms with Gasteiger partial charge >= 0.3 is 0 Å². The first-order valence-electron chi connectivity index (χ1n) is 0.729. The quantitative estimate of drug-likeness (QED) is 0.538. The zero-order valence-electron chi connectivity index (χ0n) is 2.19. The number of hydrogen-bond donors (Lipinski definition) is 0. The van der Waals surface area contributed by atoms with Gasteiger partial charge in [-0.15, -0.1) is 0 Å². The van der Waals surface area contributed by atoms with E-state index in [-0.39, 0.29) is 0 Å². The van der Waals surface area contributed by atoms with Gasteiger partial charge in [-0.25, -0.2) is 0 Å². The fourth-order valence-corrected chi connectivity index (χ4v) is 0. The van der Waals surface area contributed by atoms with Crippen molar-refractivity contribution in [1.29, 1.82) is 0 Å². The van der Waals surface area contributed by atoms with Gasteiger partial charge in [-0.3, -0.25) is 0 Å². The van der Waals surface area contributed by atoms with Gasteiger partial charge in [-0.2, -0.15) is 0 Å². The Labute approximate surface area is 41.3 Å². The molecule has 0 amide bonds. The van der Waals surface area contributed by atoms with Crippen LogP contribution in [0.5, 0.6) is 0 Å². The first kappa shape index (κ1) is 5.18. The van der Waals surface area contributed by atoms with Crippen LogP contribution in [0.2, 0.25) is 0 Å².